The number of Topliss-reactive ketones (excluding diaryl/α,β-unsaturated/α-hetero) is 1. The zero-order valence-electron chi connectivity index (χ0n) is 17.7. The number of esters is 1. The van der Waals surface area contributed by atoms with Crippen LogP contribution in [0.1, 0.15) is 59.9 Å². The summed E-state index contributed by atoms with van der Waals surface area (Å²) in [7, 11) is 0. The predicted molar refractivity (Wildman–Crippen MR) is 109 cm³/mol. The van der Waals surface area contributed by atoms with Crippen molar-refractivity contribution in [3.05, 3.63) is 29.8 Å². The quantitative estimate of drug-likeness (QED) is 0.477. The SMILES string of the molecule is CC(C)(C)CCCOCC(=O)CNc1ccc(COC(=O)C(C)(C)C)cc1. The summed E-state index contributed by atoms with van der Waals surface area (Å²) >= 11 is 0. The summed E-state index contributed by atoms with van der Waals surface area (Å²) < 4.78 is 10.7. The van der Waals surface area contributed by atoms with E-state index in [0.29, 0.717) is 12.0 Å². The fourth-order valence-corrected chi connectivity index (χ4v) is 2.23. The van der Waals surface area contributed by atoms with Crippen LogP contribution in [0.4, 0.5) is 5.69 Å². The van der Waals surface area contributed by atoms with Gasteiger partial charge in [0.1, 0.15) is 13.2 Å². The van der Waals surface area contributed by atoms with Gasteiger partial charge in [0.2, 0.25) is 0 Å². The highest BCUT2D eigenvalue weighted by Gasteiger charge is 2.22. The Labute approximate surface area is 163 Å². The molecule has 0 saturated carbocycles. The van der Waals surface area contributed by atoms with Crippen LogP contribution >= 0.6 is 0 Å². The van der Waals surface area contributed by atoms with Gasteiger partial charge in [0.15, 0.2) is 5.78 Å². The molecule has 1 aromatic rings. The van der Waals surface area contributed by atoms with Gasteiger partial charge >= 0.3 is 5.97 Å². The largest absolute Gasteiger partial charge is 0.460 e. The summed E-state index contributed by atoms with van der Waals surface area (Å²) in [5.41, 5.74) is 1.55. The summed E-state index contributed by atoms with van der Waals surface area (Å²) in [6.45, 7) is 13.3. The number of nitrogens with one attached hydrogen (secondary N) is 1. The first kappa shape index (κ1) is 23.2. The van der Waals surface area contributed by atoms with Crippen LogP contribution in [0.5, 0.6) is 0 Å². The molecule has 0 saturated heterocycles. The third-order valence-corrected chi connectivity index (χ3v) is 3.90. The Morgan fingerprint density at radius 1 is 1.00 bits per heavy atom. The first-order valence-electron chi connectivity index (χ1n) is 9.57. The monoisotopic (exact) mass is 377 g/mol. The number of ketones is 1. The molecule has 0 aromatic heterocycles. The number of hydrogen-bond donors (Lipinski definition) is 1. The summed E-state index contributed by atoms with van der Waals surface area (Å²) in [5.74, 6) is -0.202. The number of hydrogen-bond acceptors (Lipinski definition) is 5. The molecule has 0 heterocycles. The molecular formula is C22H35NO4. The highest BCUT2D eigenvalue weighted by Crippen LogP contribution is 2.20. The van der Waals surface area contributed by atoms with Crippen molar-refractivity contribution < 1.29 is 19.1 Å². The lowest BCUT2D eigenvalue weighted by Gasteiger charge is -2.17. The minimum Gasteiger partial charge on any atom is -0.460 e. The Morgan fingerprint density at radius 2 is 1.63 bits per heavy atom. The zero-order chi connectivity index (χ0) is 20.5. The molecule has 0 atom stereocenters. The number of rotatable bonds is 10. The fraction of sp³-hybridized carbons (Fsp3) is 0.636. The fourth-order valence-electron chi connectivity index (χ4n) is 2.23. The molecule has 0 spiro atoms. The summed E-state index contributed by atoms with van der Waals surface area (Å²) in [6.07, 6.45) is 2.04. The number of ether oxygens (including phenoxy) is 2. The van der Waals surface area contributed by atoms with Gasteiger partial charge in [0, 0.05) is 12.3 Å². The molecule has 0 fully saturated rings. The maximum absolute atomic E-state index is 11.9. The van der Waals surface area contributed by atoms with E-state index in [9.17, 15) is 9.59 Å². The minimum absolute atomic E-state index is 0.0222. The van der Waals surface area contributed by atoms with E-state index in [0.717, 1.165) is 24.1 Å². The van der Waals surface area contributed by atoms with Crippen molar-refractivity contribution in [3.63, 3.8) is 0 Å². The molecule has 0 aliphatic rings. The van der Waals surface area contributed by atoms with Crippen LogP contribution in [0.25, 0.3) is 0 Å². The second-order valence-electron chi connectivity index (χ2n) is 9.13. The van der Waals surface area contributed by atoms with Crippen molar-refractivity contribution in [1.82, 2.24) is 0 Å². The van der Waals surface area contributed by atoms with Crippen LogP contribution in [-0.4, -0.2) is 31.5 Å². The maximum Gasteiger partial charge on any atom is 0.311 e. The Morgan fingerprint density at radius 3 is 2.19 bits per heavy atom. The van der Waals surface area contributed by atoms with Crippen molar-refractivity contribution in [3.8, 4) is 0 Å². The highest BCUT2D eigenvalue weighted by atomic mass is 16.5. The van der Waals surface area contributed by atoms with Gasteiger partial charge in [-0.1, -0.05) is 32.9 Å². The van der Waals surface area contributed by atoms with Gasteiger partial charge in [-0.05, 0) is 56.7 Å². The Bertz CT molecular complexity index is 594. The van der Waals surface area contributed by atoms with Crippen molar-refractivity contribution >= 4 is 17.4 Å². The molecule has 152 valence electrons. The second-order valence-corrected chi connectivity index (χ2v) is 9.13. The number of anilines is 1. The minimum atomic E-state index is -0.503. The van der Waals surface area contributed by atoms with Crippen LogP contribution in [0, 0.1) is 10.8 Å². The molecule has 1 aromatic carbocycles. The molecule has 27 heavy (non-hydrogen) atoms. The average Bonchev–Trinajstić information content (AvgIpc) is 2.56. The molecule has 0 amide bonds. The van der Waals surface area contributed by atoms with Gasteiger partial charge in [0.05, 0.1) is 12.0 Å². The average molecular weight is 378 g/mol. The van der Waals surface area contributed by atoms with Gasteiger partial charge < -0.3 is 14.8 Å². The first-order valence-corrected chi connectivity index (χ1v) is 9.57. The predicted octanol–water partition coefficient (Wildman–Crippen LogP) is 4.60. The van der Waals surface area contributed by atoms with Crippen LogP contribution in [0.3, 0.4) is 0 Å². The van der Waals surface area contributed by atoms with Crippen molar-refractivity contribution in [2.24, 2.45) is 10.8 Å². The van der Waals surface area contributed by atoms with Gasteiger partial charge in [0.25, 0.3) is 0 Å². The Balaban J connectivity index is 2.25. The third kappa shape index (κ3) is 10.8. The van der Waals surface area contributed by atoms with E-state index in [2.05, 4.69) is 26.1 Å². The lowest BCUT2D eigenvalue weighted by atomic mass is 9.91. The van der Waals surface area contributed by atoms with Gasteiger partial charge in [-0.2, -0.15) is 0 Å². The smallest absolute Gasteiger partial charge is 0.311 e. The molecule has 5 nitrogen and oxygen atoms in total. The van der Waals surface area contributed by atoms with Crippen LogP contribution in [-0.2, 0) is 25.7 Å². The maximum atomic E-state index is 11.9. The topological polar surface area (TPSA) is 64.6 Å². The van der Waals surface area contributed by atoms with Crippen molar-refractivity contribution in [1.29, 1.82) is 0 Å². The summed E-state index contributed by atoms with van der Waals surface area (Å²) in [6, 6.07) is 7.51. The highest BCUT2D eigenvalue weighted by molar-refractivity contribution is 5.84. The Kier molecular flexibility index (Phi) is 8.97. The van der Waals surface area contributed by atoms with Gasteiger partial charge in [-0.15, -0.1) is 0 Å². The van der Waals surface area contributed by atoms with Crippen LogP contribution in [0.2, 0.25) is 0 Å². The molecule has 0 unspecified atom stereocenters. The van der Waals surface area contributed by atoms with E-state index < -0.39 is 5.41 Å². The lowest BCUT2D eigenvalue weighted by Crippen LogP contribution is -2.22. The van der Waals surface area contributed by atoms with Crippen LogP contribution in [0.15, 0.2) is 24.3 Å². The Hall–Kier alpha value is -1.88. The van der Waals surface area contributed by atoms with Crippen molar-refractivity contribution in [2.45, 2.75) is 61.0 Å². The van der Waals surface area contributed by atoms with E-state index in [1.54, 1.807) is 0 Å². The standard InChI is InChI=1S/C22H35NO4/c1-21(2,3)12-7-13-26-16-19(24)14-23-18-10-8-17(9-11-18)15-27-20(25)22(4,5)6/h8-11,23H,7,12-16H2,1-6H3. The summed E-state index contributed by atoms with van der Waals surface area (Å²) in [5, 5.41) is 3.09. The second kappa shape index (κ2) is 10.5. The van der Waals surface area contributed by atoms with E-state index in [-0.39, 0.29) is 31.5 Å². The summed E-state index contributed by atoms with van der Waals surface area (Å²) in [4.78, 5) is 23.6. The first-order chi connectivity index (χ1) is 12.5. The normalized spacial score (nSPS) is 11.9. The number of carbonyl (C=O) groups is 2. The molecule has 0 aliphatic carbocycles. The molecule has 1 N–H and O–H groups in total. The molecule has 0 aliphatic heterocycles. The van der Waals surface area contributed by atoms with E-state index >= 15 is 0 Å². The molecule has 5 heteroatoms. The molecule has 0 radical (unpaired) electrons. The van der Waals surface area contributed by atoms with Gasteiger partial charge in [-0.25, -0.2) is 0 Å². The van der Waals surface area contributed by atoms with Gasteiger partial charge in [-0.3, -0.25) is 9.59 Å². The van der Waals surface area contributed by atoms with E-state index in [1.165, 1.54) is 0 Å². The molecular weight excluding hydrogens is 342 g/mol. The van der Waals surface area contributed by atoms with Crippen LogP contribution < -0.4 is 5.32 Å². The third-order valence-electron chi connectivity index (χ3n) is 3.90. The van der Waals surface area contributed by atoms with Crippen molar-refractivity contribution in [2.75, 3.05) is 25.1 Å². The number of benzene rings is 1. The van der Waals surface area contributed by atoms with E-state index in [4.69, 9.17) is 9.47 Å². The zero-order valence-corrected chi connectivity index (χ0v) is 17.7. The molecule has 1 rings (SSSR count). The number of carbonyl (C=O) groups excluding carboxylic acids is 2. The molecule has 0 bridgehead atoms. The van der Waals surface area contributed by atoms with E-state index in [1.807, 2.05) is 45.0 Å². The lowest BCUT2D eigenvalue weighted by molar-refractivity contribution is -0.154.